The molecule has 1 aliphatic heterocycles. The van der Waals surface area contributed by atoms with Gasteiger partial charge in [0.15, 0.2) is 11.4 Å². The van der Waals surface area contributed by atoms with E-state index in [1.165, 1.54) is 6.92 Å². The lowest BCUT2D eigenvalue weighted by Gasteiger charge is -2.08. The third kappa shape index (κ3) is 4.11. The highest BCUT2D eigenvalue weighted by molar-refractivity contribution is 9.11. The second-order valence-electron chi connectivity index (χ2n) is 5.61. The predicted molar refractivity (Wildman–Crippen MR) is 105 cm³/mol. The van der Waals surface area contributed by atoms with Crippen molar-refractivity contribution < 1.29 is 19.1 Å². The van der Waals surface area contributed by atoms with Gasteiger partial charge in [-0.1, -0.05) is 17.7 Å². The van der Waals surface area contributed by atoms with E-state index in [9.17, 15) is 9.59 Å². The highest BCUT2D eigenvalue weighted by atomic mass is 79.9. The number of rotatable bonds is 3. The number of esters is 2. The summed E-state index contributed by atoms with van der Waals surface area (Å²) in [5, 5.41) is 0. The molecule has 5 nitrogen and oxygen atoms in total. The molecule has 0 atom stereocenters. The molecule has 0 bridgehead atoms. The normalized spacial score (nSPS) is 15.0. The van der Waals surface area contributed by atoms with E-state index in [-0.39, 0.29) is 11.6 Å². The van der Waals surface area contributed by atoms with E-state index < -0.39 is 11.9 Å². The van der Waals surface area contributed by atoms with Gasteiger partial charge in [-0.15, -0.1) is 0 Å². The van der Waals surface area contributed by atoms with Crippen LogP contribution in [0.15, 0.2) is 56.0 Å². The van der Waals surface area contributed by atoms with Crippen molar-refractivity contribution in [3.63, 3.8) is 0 Å². The molecule has 3 rings (SSSR count). The van der Waals surface area contributed by atoms with Crippen LogP contribution in [-0.4, -0.2) is 17.8 Å². The first kappa shape index (κ1) is 18.5. The Morgan fingerprint density at radius 2 is 1.77 bits per heavy atom. The maximum absolute atomic E-state index is 12.1. The Morgan fingerprint density at radius 3 is 2.35 bits per heavy atom. The molecule has 1 aliphatic rings. The zero-order valence-corrected chi connectivity index (χ0v) is 17.0. The Hall–Kier alpha value is -2.25. The number of halogens is 2. The first-order valence-corrected chi connectivity index (χ1v) is 9.19. The van der Waals surface area contributed by atoms with Gasteiger partial charge in [0.25, 0.3) is 0 Å². The first-order valence-electron chi connectivity index (χ1n) is 7.60. The SMILES string of the molecule is CC(=O)Oc1c(Br)cc(/C=C2\N=C(c3ccc(C)cc3)OC2=O)cc1Br. The zero-order valence-electron chi connectivity index (χ0n) is 13.9. The van der Waals surface area contributed by atoms with Crippen LogP contribution in [0.5, 0.6) is 5.75 Å². The van der Waals surface area contributed by atoms with Gasteiger partial charge in [-0.05, 0) is 74.7 Å². The third-order valence-electron chi connectivity index (χ3n) is 3.49. The second-order valence-corrected chi connectivity index (χ2v) is 7.32. The molecule has 0 unspecified atom stereocenters. The lowest BCUT2D eigenvalue weighted by molar-refractivity contribution is -0.132. The van der Waals surface area contributed by atoms with E-state index in [0.717, 1.165) is 11.1 Å². The standard InChI is InChI=1S/C19H13Br2NO4/c1-10-3-5-13(6-4-10)18-22-16(19(24)26-18)9-12-7-14(20)17(15(21)8-12)25-11(2)23/h3-9H,1-2H3/b16-9-. The van der Waals surface area contributed by atoms with E-state index in [0.29, 0.717) is 20.3 Å². The van der Waals surface area contributed by atoms with Crippen LogP contribution in [0.1, 0.15) is 23.6 Å². The fourth-order valence-electron chi connectivity index (χ4n) is 2.29. The molecule has 0 fully saturated rings. The number of aliphatic imine (C=N–C) groups is 1. The lowest BCUT2D eigenvalue weighted by atomic mass is 10.1. The summed E-state index contributed by atoms with van der Waals surface area (Å²) in [6.07, 6.45) is 1.61. The van der Waals surface area contributed by atoms with E-state index in [4.69, 9.17) is 9.47 Å². The summed E-state index contributed by atoms with van der Waals surface area (Å²) in [7, 11) is 0. The predicted octanol–water partition coefficient (Wildman–Crippen LogP) is 4.79. The Kier molecular flexibility index (Phi) is 5.38. The molecule has 1 heterocycles. The Bertz CT molecular complexity index is 939. The summed E-state index contributed by atoms with van der Waals surface area (Å²) in [4.78, 5) is 27.6. The molecular weight excluding hydrogens is 466 g/mol. The highest BCUT2D eigenvalue weighted by Gasteiger charge is 2.24. The Morgan fingerprint density at radius 1 is 1.15 bits per heavy atom. The van der Waals surface area contributed by atoms with Crippen molar-refractivity contribution in [3.05, 3.63) is 67.7 Å². The van der Waals surface area contributed by atoms with Crippen LogP contribution in [0.4, 0.5) is 0 Å². The fraction of sp³-hybridized carbons (Fsp3) is 0.105. The van der Waals surface area contributed by atoms with Crippen LogP contribution in [0.25, 0.3) is 6.08 Å². The van der Waals surface area contributed by atoms with Crippen molar-refractivity contribution in [1.29, 1.82) is 0 Å². The third-order valence-corrected chi connectivity index (χ3v) is 4.67. The van der Waals surface area contributed by atoms with Gasteiger partial charge in [-0.3, -0.25) is 4.79 Å². The molecule has 0 saturated heterocycles. The number of ether oxygens (including phenoxy) is 2. The van der Waals surface area contributed by atoms with Crippen LogP contribution in [-0.2, 0) is 14.3 Å². The molecule has 0 aliphatic carbocycles. The van der Waals surface area contributed by atoms with Crippen molar-refractivity contribution in [3.8, 4) is 5.75 Å². The molecule has 0 spiro atoms. The van der Waals surface area contributed by atoms with Gasteiger partial charge in [0.2, 0.25) is 5.90 Å². The highest BCUT2D eigenvalue weighted by Crippen LogP contribution is 2.35. The van der Waals surface area contributed by atoms with E-state index in [1.807, 2.05) is 31.2 Å². The maximum Gasteiger partial charge on any atom is 0.363 e. The number of carbonyl (C=O) groups is 2. The zero-order chi connectivity index (χ0) is 18.8. The molecule has 0 radical (unpaired) electrons. The number of benzene rings is 2. The van der Waals surface area contributed by atoms with Gasteiger partial charge in [0.05, 0.1) is 8.95 Å². The Balaban J connectivity index is 1.93. The summed E-state index contributed by atoms with van der Waals surface area (Å²) in [5.74, 6) is -0.297. The average molecular weight is 479 g/mol. The molecule has 2 aromatic rings. The van der Waals surface area contributed by atoms with Crippen molar-refractivity contribution in [1.82, 2.24) is 0 Å². The number of hydrogen-bond donors (Lipinski definition) is 0. The van der Waals surface area contributed by atoms with Crippen LogP contribution >= 0.6 is 31.9 Å². The van der Waals surface area contributed by atoms with Gasteiger partial charge >= 0.3 is 11.9 Å². The molecule has 0 N–H and O–H groups in total. The van der Waals surface area contributed by atoms with Crippen LogP contribution in [0.3, 0.4) is 0 Å². The summed E-state index contributed by atoms with van der Waals surface area (Å²) in [6.45, 7) is 3.30. The van der Waals surface area contributed by atoms with Crippen LogP contribution in [0.2, 0.25) is 0 Å². The lowest BCUT2D eigenvalue weighted by Crippen LogP contribution is -2.05. The number of carbonyl (C=O) groups excluding carboxylic acids is 2. The van der Waals surface area contributed by atoms with Crippen molar-refractivity contribution in [2.45, 2.75) is 13.8 Å². The van der Waals surface area contributed by atoms with Gasteiger partial charge in [-0.25, -0.2) is 9.79 Å². The first-order chi connectivity index (χ1) is 12.3. The van der Waals surface area contributed by atoms with Crippen molar-refractivity contribution >= 4 is 55.8 Å². The molecule has 0 amide bonds. The molecule has 0 aromatic heterocycles. The quantitative estimate of drug-likeness (QED) is 0.361. The average Bonchev–Trinajstić information content (AvgIpc) is 2.92. The number of hydrogen-bond acceptors (Lipinski definition) is 5. The van der Waals surface area contributed by atoms with E-state index in [1.54, 1.807) is 18.2 Å². The van der Waals surface area contributed by atoms with Gasteiger partial charge in [0.1, 0.15) is 0 Å². The van der Waals surface area contributed by atoms with Crippen molar-refractivity contribution in [2.75, 3.05) is 0 Å². The van der Waals surface area contributed by atoms with Gasteiger partial charge < -0.3 is 9.47 Å². The monoisotopic (exact) mass is 477 g/mol. The van der Waals surface area contributed by atoms with Crippen molar-refractivity contribution in [2.24, 2.45) is 4.99 Å². The topological polar surface area (TPSA) is 65.0 Å². The molecule has 26 heavy (non-hydrogen) atoms. The summed E-state index contributed by atoms with van der Waals surface area (Å²) < 4.78 is 11.5. The largest absolute Gasteiger partial charge is 0.424 e. The molecule has 2 aromatic carbocycles. The minimum atomic E-state index is -0.517. The minimum Gasteiger partial charge on any atom is -0.424 e. The second kappa shape index (κ2) is 7.55. The van der Waals surface area contributed by atoms with E-state index in [2.05, 4.69) is 36.9 Å². The number of nitrogens with zero attached hydrogens (tertiary/aromatic N) is 1. The summed E-state index contributed by atoms with van der Waals surface area (Å²) in [5.41, 5.74) is 2.73. The summed E-state index contributed by atoms with van der Waals surface area (Å²) >= 11 is 6.72. The summed E-state index contributed by atoms with van der Waals surface area (Å²) in [6, 6.07) is 11.0. The smallest absolute Gasteiger partial charge is 0.363 e. The molecular formula is C19H13Br2NO4. The van der Waals surface area contributed by atoms with Crippen LogP contribution in [0, 0.1) is 6.92 Å². The van der Waals surface area contributed by atoms with Gasteiger partial charge in [-0.2, -0.15) is 0 Å². The van der Waals surface area contributed by atoms with Gasteiger partial charge in [0, 0.05) is 12.5 Å². The van der Waals surface area contributed by atoms with Crippen LogP contribution < -0.4 is 4.74 Å². The maximum atomic E-state index is 12.1. The molecule has 0 saturated carbocycles. The Labute approximate surface area is 167 Å². The number of aryl methyl sites for hydroxylation is 1. The molecule has 7 heteroatoms. The minimum absolute atomic E-state index is 0.194. The fourth-order valence-corrected chi connectivity index (χ4v) is 3.67. The molecule has 132 valence electrons. The number of cyclic esters (lactones) is 1. The van der Waals surface area contributed by atoms with E-state index >= 15 is 0 Å².